The Balaban J connectivity index is 1.93. The molecule has 2 unspecified atom stereocenters. The van der Waals surface area contributed by atoms with Gasteiger partial charge in [-0.1, -0.05) is 12.1 Å². The van der Waals surface area contributed by atoms with E-state index in [2.05, 4.69) is 5.32 Å². The van der Waals surface area contributed by atoms with Crippen molar-refractivity contribution in [2.45, 2.75) is 31.5 Å². The summed E-state index contributed by atoms with van der Waals surface area (Å²) in [7, 11) is 0. The van der Waals surface area contributed by atoms with Crippen molar-refractivity contribution in [1.82, 2.24) is 10.2 Å². The number of nitrogens with one attached hydrogen (secondary N) is 1. The van der Waals surface area contributed by atoms with Gasteiger partial charge in [0.2, 0.25) is 17.7 Å². The molecule has 1 aromatic carbocycles. The second-order valence-electron chi connectivity index (χ2n) is 5.65. The van der Waals surface area contributed by atoms with E-state index in [0.29, 0.717) is 16.7 Å². The minimum atomic E-state index is -1.01. The van der Waals surface area contributed by atoms with Crippen LogP contribution in [0.25, 0.3) is 0 Å². The van der Waals surface area contributed by atoms with Crippen molar-refractivity contribution in [3.63, 3.8) is 0 Å². The molecule has 23 heavy (non-hydrogen) atoms. The van der Waals surface area contributed by atoms with Gasteiger partial charge in [0.1, 0.15) is 12.1 Å². The zero-order valence-electron chi connectivity index (χ0n) is 12.2. The summed E-state index contributed by atoms with van der Waals surface area (Å²) in [4.78, 5) is 48.6. The quantitative estimate of drug-likeness (QED) is 0.610. The van der Waals surface area contributed by atoms with E-state index in [1.807, 2.05) is 0 Å². The van der Waals surface area contributed by atoms with E-state index in [0.717, 1.165) is 0 Å². The van der Waals surface area contributed by atoms with Crippen molar-refractivity contribution in [2.24, 2.45) is 11.5 Å². The second kappa shape index (κ2) is 5.47. The van der Waals surface area contributed by atoms with Gasteiger partial charge in [0.25, 0.3) is 5.91 Å². The molecule has 2 aliphatic rings. The van der Waals surface area contributed by atoms with Crippen LogP contribution in [-0.2, 0) is 20.9 Å². The van der Waals surface area contributed by atoms with Gasteiger partial charge in [0, 0.05) is 18.5 Å². The SMILES string of the molecule is NC(=O)C(N)c1cccc2c1CN(C1CCC(=O)NC1=O)C2=O. The van der Waals surface area contributed by atoms with Crippen LogP contribution in [0.15, 0.2) is 18.2 Å². The fraction of sp³-hybridized carbons (Fsp3) is 0.333. The summed E-state index contributed by atoms with van der Waals surface area (Å²) >= 11 is 0. The first-order valence-electron chi connectivity index (χ1n) is 7.21. The van der Waals surface area contributed by atoms with Gasteiger partial charge in [-0.15, -0.1) is 0 Å². The molecule has 0 bridgehead atoms. The predicted octanol–water partition coefficient (Wildman–Crippen LogP) is -1.07. The molecule has 1 aromatic rings. The topological polar surface area (TPSA) is 136 Å². The van der Waals surface area contributed by atoms with Crippen molar-refractivity contribution >= 4 is 23.6 Å². The number of amides is 4. The Bertz CT molecular complexity index is 730. The number of hydrogen-bond acceptors (Lipinski definition) is 5. The van der Waals surface area contributed by atoms with Crippen LogP contribution in [0.5, 0.6) is 0 Å². The second-order valence-corrected chi connectivity index (χ2v) is 5.65. The number of nitrogens with zero attached hydrogens (tertiary/aromatic N) is 1. The van der Waals surface area contributed by atoms with Crippen LogP contribution in [-0.4, -0.2) is 34.6 Å². The number of benzene rings is 1. The molecule has 0 radical (unpaired) electrons. The van der Waals surface area contributed by atoms with E-state index in [1.54, 1.807) is 18.2 Å². The third-order valence-corrected chi connectivity index (χ3v) is 4.26. The Morgan fingerprint density at radius 3 is 2.70 bits per heavy atom. The predicted molar refractivity (Wildman–Crippen MR) is 78.6 cm³/mol. The molecule has 8 nitrogen and oxygen atoms in total. The number of piperidine rings is 1. The Hall–Kier alpha value is -2.74. The molecule has 1 fully saturated rings. The molecule has 0 spiro atoms. The lowest BCUT2D eigenvalue weighted by atomic mass is 9.97. The molecule has 2 aliphatic heterocycles. The Morgan fingerprint density at radius 2 is 2.04 bits per heavy atom. The summed E-state index contributed by atoms with van der Waals surface area (Å²) in [5.41, 5.74) is 12.5. The molecule has 2 atom stereocenters. The first-order valence-corrected chi connectivity index (χ1v) is 7.21. The lowest BCUT2D eigenvalue weighted by molar-refractivity contribution is -0.137. The van der Waals surface area contributed by atoms with Crippen molar-refractivity contribution in [3.8, 4) is 0 Å². The van der Waals surface area contributed by atoms with Crippen LogP contribution in [0.3, 0.4) is 0 Å². The van der Waals surface area contributed by atoms with Gasteiger partial charge in [-0.3, -0.25) is 24.5 Å². The number of carbonyl (C=O) groups excluding carboxylic acids is 4. The number of hydrogen-bond donors (Lipinski definition) is 3. The number of fused-ring (bicyclic) bond motifs is 1. The number of nitrogens with two attached hydrogens (primary N) is 2. The molecule has 5 N–H and O–H groups in total. The fourth-order valence-corrected chi connectivity index (χ4v) is 3.05. The molecular formula is C15H16N4O4. The third kappa shape index (κ3) is 2.46. The molecule has 1 saturated heterocycles. The maximum Gasteiger partial charge on any atom is 0.255 e. The highest BCUT2D eigenvalue weighted by atomic mass is 16.2. The first kappa shape index (κ1) is 15.2. The monoisotopic (exact) mass is 316 g/mol. The van der Waals surface area contributed by atoms with Crippen molar-refractivity contribution in [3.05, 3.63) is 34.9 Å². The van der Waals surface area contributed by atoms with E-state index in [4.69, 9.17) is 11.5 Å². The molecule has 0 saturated carbocycles. The van der Waals surface area contributed by atoms with Crippen LogP contribution >= 0.6 is 0 Å². The number of rotatable bonds is 3. The summed E-state index contributed by atoms with van der Waals surface area (Å²) in [6.07, 6.45) is 0.464. The fourth-order valence-electron chi connectivity index (χ4n) is 3.05. The lowest BCUT2D eigenvalue weighted by Gasteiger charge is -2.29. The lowest BCUT2D eigenvalue weighted by Crippen LogP contribution is -2.52. The molecular weight excluding hydrogens is 300 g/mol. The average molecular weight is 316 g/mol. The van der Waals surface area contributed by atoms with Gasteiger partial charge in [-0.05, 0) is 23.6 Å². The highest BCUT2D eigenvalue weighted by Gasteiger charge is 2.40. The van der Waals surface area contributed by atoms with Gasteiger partial charge in [-0.25, -0.2) is 0 Å². The average Bonchev–Trinajstić information content (AvgIpc) is 2.84. The largest absolute Gasteiger partial charge is 0.368 e. The van der Waals surface area contributed by atoms with E-state index in [1.165, 1.54) is 4.90 Å². The zero-order chi connectivity index (χ0) is 16.7. The Morgan fingerprint density at radius 1 is 1.30 bits per heavy atom. The zero-order valence-corrected chi connectivity index (χ0v) is 12.2. The summed E-state index contributed by atoms with van der Waals surface area (Å²) in [6.45, 7) is 0.164. The van der Waals surface area contributed by atoms with Crippen molar-refractivity contribution < 1.29 is 19.2 Å². The standard InChI is InChI=1S/C15H16N4O4/c16-12(13(17)21)7-2-1-3-8-9(7)6-19(15(8)23)10-4-5-11(20)18-14(10)22/h1-3,10,12H,4-6,16H2,(H2,17,21)(H,18,20,22). The van der Waals surface area contributed by atoms with E-state index >= 15 is 0 Å². The normalized spacial score (nSPS) is 21.9. The Kier molecular flexibility index (Phi) is 3.61. The molecule has 2 heterocycles. The van der Waals surface area contributed by atoms with Crippen molar-refractivity contribution in [2.75, 3.05) is 0 Å². The third-order valence-electron chi connectivity index (χ3n) is 4.26. The number of primary amides is 1. The van der Waals surface area contributed by atoms with Gasteiger partial charge in [-0.2, -0.15) is 0 Å². The summed E-state index contributed by atoms with van der Waals surface area (Å²) < 4.78 is 0. The van der Waals surface area contributed by atoms with Crippen LogP contribution in [0.4, 0.5) is 0 Å². The van der Waals surface area contributed by atoms with Crippen LogP contribution in [0.1, 0.15) is 40.4 Å². The first-order chi connectivity index (χ1) is 10.9. The molecule has 8 heteroatoms. The molecule has 0 aromatic heterocycles. The highest BCUT2D eigenvalue weighted by molar-refractivity contribution is 6.05. The smallest absolute Gasteiger partial charge is 0.255 e. The highest BCUT2D eigenvalue weighted by Crippen LogP contribution is 2.31. The van der Waals surface area contributed by atoms with Crippen LogP contribution < -0.4 is 16.8 Å². The summed E-state index contributed by atoms with van der Waals surface area (Å²) in [5, 5.41) is 2.24. The maximum atomic E-state index is 12.6. The summed E-state index contributed by atoms with van der Waals surface area (Å²) in [5.74, 6) is -1.83. The summed E-state index contributed by atoms with van der Waals surface area (Å²) in [6, 6.07) is 3.18. The van der Waals surface area contributed by atoms with Crippen LogP contribution in [0, 0.1) is 0 Å². The van der Waals surface area contributed by atoms with Gasteiger partial charge < -0.3 is 16.4 Å². The van der Waals surface area contributed by atoms with E-state index in [-0.39, 0.29) is 31.2 Å². The van der Waals surface area contributed by atoms with E-state index < -0.39 is 23.9 Å². The van der Waals surface area contributed by atoms with E-state index in [9.17, 15) is 19.2 Å². The number of carbonyl (C=O) groups is 4. The minimum absolute atomic E-state index is 0.164. The molecule has 3 rings (SSSR count). The molecule has 4 amide bonds. The molecule has 0 aliphatic carbocycles. The maximum absolute atomic E-state index is 12.6. The van der Waals surface area contributed by atoms with Gasteiger partial charge in [0.05, 0.1) is 0 Å². The van der Waals surface area contributed by atoms with Crippen molar-refractivity contribution in [1.29, 1.82) is 0 Å². The molecule has 120 valence electrons. The Labute approximate surface area is 131 Å². The number of imide groups is 1. The van der Waals surface area contributed by atoms with Crippen LogP contribution in [0.2, 0.25) is 0 Å². The van der Waals surface area contributed by atoms with Gasteiger partial charge in [0.15, 0.2) is 0 Å². The minimum Gasteiger partial charge on any atom is -0.368 e. The van der Waals surface area contributed by atoms with Gasteiger partial charge >= 0.3 is 0 Å².